The molecule has 0 aliphatic heterocycles. The third-order valence-corrected chi connectivity index (χ3v) is 5.23. The summed E-state index contributed by atoms with van der Waals surface area (Å²) in [5, 5.41) is 7.51. The molecule has 1 aromatic heterocycles. The van der Waals surface area contributed by atoms with Crippen LogP contribution in [0.1, 0.15) is 43.9 Å². The van der Waals surface area contributed by atoms with E-state index in [4.69, 9.17) is 16.3 Å². The molecule has 29 heavy (non-hydrogen) atoms. The molecule has 6 nitrogen and oxygen atoms in total. The van der Waals surface area contributed by atoms with Crippen LogP contribution in [0.2, 0.25) is 5.15 Å². The van der Waals surface area contributed by atoms with Crippen molar-refractivity contribution in [2.75, 3.05) is 0 Å². The van der Waals surface area contributed by atoms with E-state index in [1.807, 2.05) is 0 Å². The van der Waals surface area contributed by atoms with E-state index in [2.05, 4.69) is 10.4 Å². The normalized spacial score (nSPS) is 15.6. The van der Waals surface area contributed by atoms with Gasteiger partial charge in [-0.1, -0.05) is 24.4 Å². The maximum atomic E-state index is 13.1. The van der Waals surface area contributed by atoms with Gasteiger partial charge >= 0.3 is 5.97 Å². The highest BCUT2D eigenvalue weighted by Crippen LogP contribution is 2.25. The SMILES string of the molecule is Cc1nn(-c2ccc(F)cc2)c(Cl)c1/C=C/C(=O)O[C@H](C)C(=O)NC1CCCC1. The summed E-state index contributed by atoms with van der Waals surface area (Å²) >= 11 is 6.38. The number of esters is 1. The number of nitrogens with one attached hydrogen (secondary N) is 1. The molecule has 1 fully saturated rings. The van der Waals surface area contributed by atoms with Gasteiger partial charge in [0.1, 0.15) is 11.0 Å². The molecule has 0 saturated heterocycles. The second-order valence-corrected chi connectivity index (χ2v) is 7.44. The van der Waals surface area contributed by atoms with E-state index in [0.29, 0.717) is 16.9 Å². The van der Waals surface area contributed by atoms with Gasteiger partial charge in [-0.2, -0.15) is 5.10 Å². The lowest BCUT2D eigenvalue weighted by Gasteiger charge is -2.16. The molecule has 1 saturated carbocycles. The molecular weight excluding hydrogens is 397 g/mol. The summed E-state index contributed by atoms with van der Waals surface area (Å²) in [5.74, 6) is -1.30. The van der Waals surface area contributed by atoms with Crippen LogP contribution in [0.15, 0.2) is 30.3 Å². The Balaban J connectivity index is 1.63. The average molecular weight is 420 g/mol. The number of carbonyl (C=O) groups excluding carboxylic acids is 2. The van der Waals surface area contributed by atoms with Crippen LogP contribution in [-0.4, -0.2) is 33.8 Å². The summed E-state index contributed by atoms with van der Waals surface area (Å²) in [6.45, 7) is 3.29. The smallest absolute Gasteiger partial charge is 0.331 e. The second kappa shape index (κ2) is 9.22. The molecule has 1 atom stereocenters. The van der Waals surface area contributed by atoms with Gasteiger partial charge in [0.2, 0.25) is 0 Å². The van der Waals surface area contributed by atoms with Crippen molar-refractivity contribution in [2.24, 2.45) is 0 Å². The van der Waals surface area contributed by atoms with Gasteiger partial charge in [0.05, 0.1) is 11.4 Å². The summed E-state index contributed by atoms with van der Waals surface area (Å²) in [6, 6.07) is 5.90. The lowest BCUT2D eigenvalue weighted by molar-refractivity contribution is -0.150. The van der Waals surface area contributed by atoms with Crippen LogP contribution in [-0.2, 0) is 14.3 Å². The molecule has 154 valence electrons. The number of benzene rings is 1. The number of hydrogen-bond donors (Lipinski definition) is 1. The molecule has 8 heteroatoms. The zero-order valence-electron chi connectivity index (χ0n) is 16.3. The summed E-state index contributed by atoms with van der Waals surface area (Å²) < 4.78 is 19.8. The highest BCUT2D eigenvalue weighted by Gasteiger charge is 2.22. The van der Waals surface area contributed by atoms with Crippen LogP contribution in [0.5, 0.6) is 0 Å². The van der Waals surface area contributed by atoms with Crippen LogP contribution in [0.25, 0.3) is 11.8 Å². The van der Waals surface area contributed by atoms with Crippen molar-refractivity contribution in [1.82, 2.24) is 15.1 Å². The molecule has 1 aliphatic rings. The van der Waals surface area contributed by atoms with Crippen LogP contribution < -0.4 is 5.32 Å². The maximum absolute atomic E-state index is 13.1. The highest BCUT2D eigenvalue weighted by molar-refractivity contribution is 6.31. The minimum absolute atomic E-state index is 0.165. The first kappa shape index (κ1) is 21.0. The number of ether oxygens (including phenoxy) is 1. The molecule has 1 aliphatic carbocycles. The van der Waals surface area contributed by atoms with E-state index in [-0.39, 0.29) is 22.9 Å². The van der Waals surface area contributed by atoms with E-state index in [1.54, 1.807) is 26.0 Å². The number of hydrogen-bond acceptors (Lipinski definition) is 4. The largest absolute Gasteiger partial charge is 0.449 e. The van der Waals surface area contributed by atoms with Gasteiger partial charge in [0.25, 0.3) is 5.91 Å². The minimum Gasteiger partial charge on any atom is -0.449 e. The fourth-order valence-electron chi connectivity index (χ4n) is 3.26. The van der Waals surface area contributed by atoms with Gasteiger partial charge in [-0.25, -0.2) is 13.9 Å². The molecule has 1 aromatic carbocycles. The summed E-state index contributed by atoms with van der Waals surface area (Å²) in [5.41, 5.74) is 1.73. The molecule has 1 heterocycles. The van der Waals surface area contributed by atoms with Gasteiger partial charge in [-0.3, -0.25) is 4.79 Å². The Bertz CT molecular complexity index is 918. The molecule has 2 aromatic rings. The Labute approximate surface area is 173 Å². The quantitative estimate of drug-likeness (QED) is 0.567. The van der Waals surface area contributed by atoms with Crippen LogP contribution in [0.3, 0.4) is 0 Å². The lowest BCUT2D eigenvalue weighted by atomic mass is 10.2. The molecule has 3 rings (SSSR count). The number of aromatic nitrogens is 2. The van der Waals surface area contributed by atoms with Gasteiger partial charge in [0.15, 0.2) is 6.10 Å². The first-order valence-electron chi connectivity index (χ1n) is 9.55. The number of amides is 1. The average Bonchev–Trinajstić information content (AvgIpc) is 3.29. The zero-order chi connectivity index (χ0) is 21.0. The molecule has 0 unspecified atom stereocenters. The highest BCUT2D eigenvalue weighted by atomic mass is 35.5. The number of carbonyl (C=O) groups is 2. The second-order valence-electron chi connectivity index (χ2n) is 7.08. The Kier molecular flexibility index (Phi) is 6.69. The molecule has 0 spiro atoms. The van der Waals surface area contributed by atoms with Crippen molar-refractivity contribution in [3.05, 3.63) is 52.6 Å². The number of halogens is 2. The first-order chi connectivity index (χ1) is 13.8. The predicted octanol–water partition coefficient (Wildman–Crippen LogP) is 3.98. The van der Waals surface area contributed by atoms with Crippen molar-refractivity contribution in [1.29, 1.82) is 0 Å². The van der Waals surface area contributed by atoms with Crippen molar-refractivity contribution in [3.8, 4) is 5.69 Å². The van der Waals surface area contributed by atoms with E-state index >= 15 is 0 Å². The van der Waals surface area contributed by atoms with Gasteiger partial charge in [0, 0.05) is 17.7 Å². The summed E-state index contributed by atoms with van der Waals surface area (Å²) in [7, 11) is 0. The predicted molar refractivity (Wildman–Crippen MR) is 108 cm³/mol. The lowest BCUT2D eigenvalue weighted by Crippen LogP contribution is -2.40. The van der Waals surface area contributed by atoms with E-state index in [1.165, 1.54) is 29.0 Å². The first-order valence-corrected chi connectivity index (χ1v) is 9.93. The Hall–Kier alpha value is -2.67. The Morgan fingerprint density at radius 3 is 2.62 bits per heavy atom. The molecule has 0 radical (unpaired) electrons. The third kappa shape index (κ3) is 5.23. The number of aryl methyl sites for hydroxylation is 1. The Morgan fingerprint density at radius 2 is 1.97 bits per heavy atom. The molecular formula is C21H23ClFN3O3. The van der Waals surface area contributed by atoms with Crippen molar-refractivity contribution in [3.63, 3.8) is 0 Å². The molecule has 0 bridgehead atoms. The molecule has 1 amide bonds. The third-order valence-electron chi connectivity index (χ3n) is 4.87. The van der Waals surface area contributed by atoms with E-state index < -0.39 is 12.1 Å². The van der Waals surface area contributed by atoms with Crippen molar-refractivity contribution < 1.29 is 18.7 Å². The van der Waals surface area contributed by atoms with Crippen molar-refractivity contribution >= 4 is 29.6 Å². The van der Waals surface area contributed by atoms with Gasteiger partial charge in [-0.15, -0.1) is 0 Å². The standard InChI is InChI=1S/C21H23ClFN3O3/c1-13-18(20(22)26(25-13)17-9-7-15(23)8-10-17)11-12-19(27)29-14(2)21(28)24-16-5-3-4-6-16/h7-12,14,16H,3-6H2,1-2H3,(H,24,28)/b12-11+/t14-/m1/s1. The number of nitrogens with zero attached hydrogens (tertiary/aromatic N) is 2. The monoisotopic (exact) mass is 419 g/mol. The fraction of sp³-hybridized carbons (Fsp3) is 0.381. The van der Waals surface area contributed by atoms with Gasteiger partial charge < -0.3 is 10.1 Å². The topological polar surface area (TPSA) is 73.2 Å². The minimum atomic E-state index is -0.883. The van der Waals surface area contributed by atoms with E-state index in [0.717, 1.165) is 25.7 Å². The maximum Gasteiger partial charge on any atom is 0.331 e. The van der Waals surface area contributed by atoms with Crippen LogP contribution in [0.4, 0.5) is 4.39 Å². The van der Waals surface area contributed by atoms with Crippen LogP contribution >= 0.6 is 11.6 Å². The van der Waals surface area contributed by atoms with Crippen LogP contribution in [0, 0.1) is 12.7 Å². The fourth-order valence-corrected chi connectivity index (χ4v) is 3.60. The Morgan fingerprint density at radius 1 is 1.31 bits per heavy atom. The van der Waals surface area contributed by atoms with E-state index in [9.17, 15) is 14.0 Å². The summed E-state index contributed by atoms with van der Waals surface area (Å²) in [4.78, 5) is 24.2. The van der Waals surface area contributed by atoms with Crippen molar-refractivity contribution in [2.45, 2.75) is 51.7 Å². The summed E-state index contributed by atoms with van der Waals surface area (Å²) in [6.07, 6.45) is 5.95. The zero-order valence-corrected chi connectivity index (χ0v) is 17.1. The number of rotatable bonds is 6. The van der Waals surface area contributed by atoms with Gasteiger partial charge in [-0.05, 0) is 57.0 Å². The molecule has 1 N–H and O–H groups in total.